The van der Waals surface area contributed by atoms with Crippen LogP contribution in [0.5, 0.6) is 0 Å². The van der Waals surface area contributed by atoms with Gasteiger partial charge in [0.05, 0.1) is 31.0 Å². The fourth-order valence-electron chi connectivity index (χ4n) is 7.45. The van der Waals surface area contributed by atoms with Crippen molar-refractivity contribution < 1.29 is 38.3 Å². The van der Waals surface area contributed by atoms with Crippen LogP contribution in [0.4, 0.5) is 0 Å². The smallest absolute Gasteiger partial charge is 0.255 e. The highest BCUT2D eigenvalue weighted by molar-refractivity contribution is 6.08. The summed E-state index contributed by atoms with van der Waals surface area (Å²) in [7, 11) is 5.97. The number of hydrogen-bond donors (Lipinski definition) is 4. The summed E-state index contributed by atoms with van der Waals surface area (Å²) < 4.78 is 5.73. The van der Waals surface area contributed by atoms with Crippen LogP contribution in [0.25, 0.3) is 0 Å². The molecule has 0 saturated carbocycles. The lowest BCUT2D eigenvalue weighted by atomic mass is 9.97. The first-order chi connectivity index (χ1) is 29.3. The first-order valence-electron chi connectivity index (χ1n) is 22.4. The third-order valence-electron chi connectivity index (χ3n) is 11.3. The third kappa shape index (κ3) is 17.1. The fourth-order valence-corrected chi connectivity index (χ4v) is 7.45. The molecule has 7 amide bonds. The molecule has 1 aromatic rings. The molecule has 1 aromatic carbocycles. The van der Waals surface area contributed by atoms with Crippen molar-refractivity contribution in [3.63, 3.8) is 0 Å². The first kappa shape index (κ1) is 54.5. The van der Waals surface area contributed by atoms with Gasteiger partial charge in [0, 0.05) is 47.7 Å². The highest BCUT2D eigenvalue weighted by Gasteiger charge is 2.40. The molecule has 1 aliphatic heterocycles. The van der Waals surface area contributed by atoms with Crippen molar-refractivity contribution in [1.82, 2.24) is 35.1 Å². The number of piperidine rings is 1. The van der Waals surface area contributed by atoms with E-state index >= 15 is 0 Å². The number of amides is 7. The Morgan fingerprint density at radius 1 is 0.762 bits per heavy atom. The second-order valence-electron chi connectivity index (χ2n) is 19.2. The lowest BCUT2D eigenvalue weighted by Gasteiger charge is -2.37. The maximum Gasteiger partial charge on any atom is 0.255 e. The van der Waals surface area contributed by atoms with Gasteiger partial charge in [0.1, 0.15) is 18.1 Å². The van der Waals surface area contributed by atoms with Crippen molar-refractivity contribution in [3.05, 3.63) is 35.9 Å². The minimum absolute atomic E-state index is 0.0612. The molecule has 6 N–H and O–H groups in total. The van der Waals surface area contributed by atoms with Crippen molar-refractivity contribution in [2.75, 3.05) is 54.4 Å². The van der Waals surface area contributed by atoms with Crippen LogP contribution in [0, 0.1) is 17.8 Å². The Balaban J connectivity index is 2.46. The van der Waals surface area contributed by atoms with Crippen LogP contribution in [-0.2, 0) is 44.7 Å². The average molecular weight is 886 g/mol. The Labute approximate surface area is 376 Å². The Morgan fingerprint density at radius 3 is 1.81 bits per heavy atom. The second kappa shape index (κ2) is 25.0. The zero-order valence-corrected chi connectivity index (χ0v) is 40.3. The van der Waals surface area contributed by atoms with E-state index < -0.39 is 84.0 Å². The molecule has 0 bridgehead atoms. The molecule has 0 aromatic heterocycles. The Kier molecular flexibility index (Phi) is 21.7. The number of carbonyl (C=O) groups is 7. The molecular formula is C46H79N9O8. The van der Waals surface area contributed by atoms with Gasteiger partial charge in [-0.15, -0.1) is 0 Å². The maximum atomic E-state index is 14.4. The average Bonchev–Trinajstić information content (AvgIpc) is 3.22. The van der Waals surface area contributed by atoms with E-state index in [0.717, 1.165) is 29.7 Å². The number of primary amides is 1. The molecule has 1 heterocycles. The number of nitrogens with two attached hydrogens (primary N) is 2. The number of ether oxygens (including phenoxy) is 1. The van der Waals surface area contributed by atoms with Gasteiger partial charge in [-0.2, -0.15) is 0 Å². The zero-order chi connectivity index (χ0) is 47.9. The molecular weight excluding hydrogens is 807 g/mol. The molecule has 1 fully saturated rings. The molecule has 0 radical (unpaired) electrons. The molecule has 17 heteroatoms. The van der Waals surface area contributed by atoms with Gasteiger partial charge in [0.15, 0.2) is 6.04 Å². The summed E-state index contributed by atoms with van der Waals surface area (Å²) in [4.78, 5) is 104. The van der Waals surface area contributed by atoms with E-state index in [2.05, 4.69) is 10.6 Å². The van der Waals surface area contributed by atoms with Crippen molar-refractivity contribution in [3.8, 4) is 0 Å². The number of likely N-dealkylation sites (tertiary alicyclic amines) is 1. The minimum atomic E-state index is -1.68. The molecule has 0 aliphatic carbocycles. The number of benzene rings is 1. The molecule has 2 rings (SSSR count). The largest absolute Gasteiger partial charge is 0.374 e. The lowest BCUT2D eigenvalue weighted by molar-refractivity contribution is -0.150. The predicted octanol–water partition coefficient (Wildman–Crippen LogP) is 1.96. The van der Waals surface area contributed by atoms with Crippen molar-refractivity contribution >= 4 is 41.4 Å². The summed E-state index contributed by atoms with van der Waals surface area (Å²) in [6.45, 7) is 17.1. The number of nitrogens with zero attached hydrogens (tertiary/aromatic N) is 5. The standard InChI is InChI=1S/C46H79N9O8/c1-29(2)24-34(40(48)57)52(11)44(61)38(31(5)6)49-36(26-32-20-16-14-17-21-32)54(13)37(56)27-51(10)43(60)39(45(62)55-22-18-15-19-23-55)50-41(58)35(25-30(3)4)53(12)42(59)33(47)28-63-46(7,8)9/h14,16-17,20-21,29-31,33-36,38-39,49H,15,18-19,22-28,47H2,1-13H3,(H2,48,57)(H,50,58)/t33?,34-,35-,36-,38-,39?/m0/s1. The molecule has 1 aliphatic rings. The minimum Gasteiger partial charge on any atom is -0.374 e. The van der Waals surface area contributed by atoms with Crippen LogP contribution in [0.3, 0.4) is 0 Å². The third-order valence-corrected chi connectivity index (χ3v) is 11.3. The molecule has 1 saturated heterocycles. The van der Waals surface area contributed by atoms with Crippen molar-refractivity contribution in [1.29, 1.82) is 0 Å². The quantitative estimate of drug-likeness (QED) is 0.0925. The Hall–Kier alpha value is -4.61. The SMILES string of the molecule is CC(C)C[C@@H](C(=O)NC(C(=O)N(C)CC(=O)N(C)[C@@H](Cc1ccccc1)N[C@H](C(=O)N(C)[C@@H](CC(C)C)C(N)=O)C(C)C)C(=O)N1CCCCC1)N(C)C(=O)C(N)COC(C)(C)C. The summed E-state index contributed by atoms with van der Waals surface area (Å²) in [6.07, 6.45) is 2.49. The van der Waals surface area contributed by atoms with E-state index in [0.29, 0.717) is 19.5 Å². The second-order valence-corrected chi connectivity index (χ2v) is 19.2. The van der Waals surface area contributed by atoms with E-state index in [4.69, 9.17) is 16.2 Å². The van der Waals surface area contributed by atoms with Gasteiger partial charge < -0.3 is 46.0 Å². The van der Waals surface area contributed by atoms with Gasteiger partial charge in [-0.3, -0.25) is 38.9 Å². The van der Waals surface area contributed by atoms with Gasteiger partial charge in [0.25, 0.3) is 11.8 Å². The van der Waals surface area contributed by atoms with Crippen LogP contribution in [0.1, 0.15) is 100.0 Å². The lowest BCUT2D eigenvalue weighted by Crippen LogP contribution is -2.62. The summed E-state index contributed by atoms with van der Waals surface area (Å²) in [6, 6.07) is 3.91. The van der Waals surface area contributed by atoms with E-state index in [1.807, 2.05) is 92.6 Å². The predicted molar refractivity (Wildman–Crippen MR) is 243 cm³/mol. The number of rotatable bonds is 23. The molecule has 2 unspecified atom stereocenters. The van der Waals surface area contributed by atoms with Gasteiger partial charge in [-0.05, 0) is 76.2 Å². The number of likely N-dealkylation sites (N-methyl/N-ethyl adjacent to an activating group) is 4. The van der Waals surface area contributed by atoms with E-state index in [1.54, 1.807) is 19.0 Å². The van der Waals surface area contributed by atoms with Crippen molar-refractivity contribution in [2.24, 2.45) is 29.2 Å². The zero-order valence-electron chi connectivity index (χ0n) is 40.3. The van der Waals surface area contributed by atoms with E-state index in [1.165, 1.54) is 28.8 Å². The number of nitrogens with one attached hydrogen (secondary N) is 2. The van der Waals surface area contributed by atoms with Crippen LogP contribution in [-0.4, -0.2) is 162 Å². The van der Waals surface area contributed by atoms with Gasteiger partial charge in [0.2, 0.25) is 29.5 Å². The van der Waals surface area contributed by atoms with E-state index in [9.17, 15) is 33.6 Å². The molecule has 6 atom stereocenters. The first-order valence-corrected chi connectivity index (χ1v) is 22.4. The molecule has 356 valence electrons. The fraction of sp³-hybridized carbons (Fsp3) is 0.717. The van der Waals surface area contributed by atoms with Crippen LogP contribution >= 0.6 is 0 Å². The van der Waals surface area contributed by atoms with Crippen LogP contribution < -0.4 is 22.1 Å². The maximum absolute atomic E-state index is 14.4. The van der Waals surface area contributed by atoms with Gasteiger partial charge >= 0.3 is 0 Å². The van der Waals surface area contributed by atoms with Gasteiger partial charge in [-0.1, -0.05) is 71.9 Å². The summed E-state index contributed by atoms with van der Waals surface area (Å²) in [5.74, 6) is -4.39. The van der Waals surface area contributed by atoms with E-state index in [-0.39, 0.29) is 43.1 Å². The topological polar surface area (TPSA) is 221 Å². The number of carbonyl (C=O) groups excluding carboxylic acids is 7. The Bertz CT molecular complexity index is 1680. The monoisotopic (exact) mass is 886 g/mol. The highest BCUT2D eigenvalue weighted by atomic mass is 16.5. The Morgan fingerprint density at radius 2 is 1.30 bits per heavy atom. The highest BCUT2D eigenvalue weighted by Crippen LogP contribution is 2.19. The summed E-state index contributed by atoms with van der Waals surface area (Å²) in [5, 5.41) is 6.06. The summed E-state index contributed by atoms with van der Waals surface area (Å²) in [5.41, 5.74) is 12.3. The number of hydrogen-bond acceptors (Lipinski definition) is 10. The molecule has 0 spiro atoms. The molecule has 17 nitrogen and oxygen atoms in total. The van der Waals surface area contributed by atoms with Crippen LogP contribution in [0.2, 0.25) is 0 Å². The molecule has 63 heavy (non-hydrogen) atoms. The van der Waals surface area contributed by atoms with Gasteiger partial charge in [-0.25, -0.2) is 0 Å². The normalized spacial score (nSPS) is 16.1. The van der Waals surface area contributed by atoms with Crippen molar-refractivity contribution in [2.45, 2.75) is 143 Å². The summed E-state index contributed by atoms with van der Waals surface area (Å²) >= 11 is 0. The van der Waals surface area contributed by atoms with Crippen LogP contribution in [0.15, 0.2) is 30.3 Å².